The van der Waals surface area contributed by atoms with Gasteiger partial charge in [-0.2, -0.15) is 5.10 Å². The van der Waals surface area contributed by atoms with Crippen molar-refractivity contribution in [3.63, 3.8) is 0 Å². The highest BCUT2D eigenvalue weighted by Gasteiger charge is 2.23. The van der Waals surface area contributed by atoms with Crippen molar-refractivity contribution in [2.24, 2.45) is 0 Å². The molecule has 1 atom stereocenters. The molecule has 0 spiro atoms. The van der Waals surface area contributed by atoms with Crippen molar-refractivity contribution in [1.29, 1.82) is 0 Å². The third-order valence-electron chi connectivity index (χ3n) is 4.56. The van der Waals surface area contributed by atoms with E-state index in [9.17, 15) is 9.59 Å². The largest absolute Gasteiger partial charge is 0.492 e. The molecule has 1 fully saturated rings. The summed E-state index contributed by atoms with van der Waals surface area (Å²) in [6.07, 6.45) is 4.39. The summed E-state index contributed by atoms with van der Waals surface area (Å²) in [6, 6.07) is 7.79. The third-order valence-corrected chi connectivity index (χ3v) is 4.56. The number of carbonyl (C=O) groups excluding carboxylic acids is 2. The monoisotopic (exact) mass is 386 g/mol. The van der Waals surface area contributed by atoms with Gasteiger partial charge in [-0.15, -0.1) is 0 Å². The van der Waals surface area contributed by atoms with Gasteiger partial charge in [-0.1, -0.05) is 17.7 Å². The molecular weight excluding hydrogens is 360 g/mol. The van der Waals surface area contributed by atoms with Crippen molar-refractivity contribution < 1.29 is 19.1 Å². The van der Waals surface area contributed by atoms with E-state index in [1.165, 1.54) is 16.4 Å². The number of anilines is 1. The SMILES string of the molecule is Cc1ccc(OCCN(C)C(=O)Cn2cc(NC(=O)C3CCCO3)cn2)cc1. The number of nitrogens with zero attached hydrogens (tertiary/aromatic N) is 3. The van der Waals surface area contributed by atoms with Crippen LogP contribution in [0.4, 0.5) is 5.69 Å². The molecule has 8 heteroatoms. The Balaban J connectivity index is 1.41. The molecule has 1 N–H and O–H groups in total. The van der Waals surface area contributed by atoms with Crippen LogP contribution in [-0.4, -0.2) is 59.4 Å². The Morgan fingerprint density at radius 2 is 2.14 bits per heavy atom. The normalized spacial score (nSPS) is 16.0. The van der Waals surface area contributed by atoms with Crippen LogP contribution < -0.4 is 10.1 Å². The minimum absolute atomic E-state index is 0.0902. The van der Waals surface area contributed by atoms with Gasteiger partial charge in [0.25, 0.3) is 5.91 Å². The molecule has 0 bridgehead atoms. The molecular formula is C20H26N4O4. The highest BCUT2D eigenvalue weighted by molar-refractivity contribution is 5.94. The van der Waals surface area contributed by atoms with E-state index in [2.05, 4.69) is 10.4 Å². The lowest BCUT2D eigenvalue weighted by Gasteiger charge is -2.17. The number of ether oxygens (including phenoxy) is 2. The maximum absolute atomic E-state index is 12.3. The number of amides is 2. The highest BCUT2D eigenvalue weighted by atomic mass is 16.5. The van der Waals surface area contributed by atoms with Crippen LogP contribution in [0.15, 0.2) is 36.7 Å². The van der Waals surface area contributed by atoms with Gasteiger partial charge in [-0.25, -0.2) is 0 Å². The van der Waals surface area contributed by atoms with Gasteiger partial charge in [0.05, 0.1) is 18.4 Å². The molecule has 1 saturated heterocycles. The van der Waals surface area contributed by atoms with Crippen LogP contribution in [0.3, 0.4) is 0 Å². The number of aryl methyl sites for hydroxylation is 1. The first kappa shape index (κ1) is 19.9. The standard InChI is InChI=1S/C20H26N4O4/c1-15-5-7-17(8-6-15)27-11-9-23(2)19(25)14-24-13-16(12-21-24)22-20(26)18-4-3-10-28-18/h5-8,12-13,18H,3-4,9-11,14H2,1-2H3,(H,22,26). The van der Waals surface area contributed by atoms with Crippen molar-refractivity contribution in [3.05, 3.63) is 42.2 Å². The Morgan fingerprint density at radius 3 is 2.86 bits per heavy atom. The first-order valence-electron chi connectivity index (χ1n) is 9.39. The molecule has 3 rings (SSSR count). The number of hydrogen-bond acceptors (Lipinski definition) is 5. The molecule has 1 aromatic carbocycles. The highest BCUT2D eigenvalue weighted by Crippen LogP contribution is 2.15. The molecule has 28 heavy (non-hydrogen) atoms. The third kappa shape index (κ3) is 5.56. The summed E-state index contributed by atoms with van der Waals surface area (Å²) in [5.74, 6) is 0.520. The van der Waals surface area contributed by atoms with Crippen LogP contribution in [0.25, 0.3) is 0 Å². The number of aromatic nitrogens is 2. The van der Waals surface area contributed by atoms with Crippen LogP contribution >= 0.6 is 0 Å². The number of carbonyl (C=O) groups is 2. The molecule has 0 saturated carbocycles. The molecule has 2 aromatic rings. The van der Waals surface area contributed by atoms with Crippen LogP contribution in [0.1, 0.15) is 18.4 Å². The van der Waals surface area contributed by atoms with Crippen molar-refractivity contribution in [2.75, 3.05) is 32.1 Å². The topological polar surface area (TPSA) is 85.7 Å². The average Bonchev–Trinajstić information content (AvgIpc) is 3.35. The molecule has 1 aliphatic rings. The smallest absolute Gasteiger partial charge is 0.253 e. The van der Waals surface area contributed by atoms with Gasteiger partial charge in [-0.05, 0) is 31.9 Å². The predicted molar refractivity (Wildman–Crippen MR) is 104 cm³/mol. The van der Waals surface area contributed by atoms with Crippen LogP contribution in [0.5, 0.6) is 5.75 Å². The molecule has 2 heterocycles. The van der Waals surface area contributed by atoms with Crippen molar-refractivity contribution >= 4 is 17.5 Å². The van der Waals surface area contributed by atoms with Gasteiger partial charge in [0, 0.05) is 19.9 Å². The minimum Gasteiger partial charge on any atom is -0.492 e. The zero-order chi connectivity index (χ0) is 19.9. The average molecular weight is 386 g/mol. The molecule has 1 aromatic heterocycles. The molecule has 8 nitrogen and oxygen atoms in total. The Kier molecular flexibility index (Phi) is 6.65. The zero-order valence-electron chi connectivity index (χ0n) is 16.3. The lowest BCUT2D eigenvalue weighted by molar-refractivity contribution is -0.131. The fraction of sp³-hybridized carbons (Fsp3) is 0.450. The van der Waals surface area contributed by atoms with Crippen molar-refractivity contribution in [3.8, 4) is 5.75 Å². The van der Waals surface area contributed by atoms with E-state index in [0.717, 1.165) is 18.6 Å². The number of likely N-dealkylation sites (N-methyl/N-ethyl adjacent to an activating group) is 1. The second-order valence-electron chi connectivity index (χ2n) is 6.89. The molecule has 2 amide bonds. The Labute approximate surface area is 164 Å². The fourth-order valence-electron chi connectivity index (χ4n) is 2.84. The van der Waals surface area contributed by atoms with Crippen molar-refractivity contribution in [2.45, 2.75) is 32.4 Å². The summed E-state index contributed by atoms with van der Waals surface area (Å²) >= 11 is 0. The van der Waals surface area contributed by atoms with E-state index >= 15 is 0 Å². The second-order valence-corrected chi connectivity index (χ2v) is 6.89. The van der Waals surface area contributed by atoms with E-state index in [4.69, 9.17) is 9.47 Å². The zero-order valence-corrected chi connectivity index (χ0v) is 16.3. The summed E-state index contributed by atoms with van der Waals surface area (Å²) in [5.41, 5.74) is 1.73. The lowest BCUT2D eigenvalue weighted by atomic mass is 10.2. The molecule has 1 aliphatic heterocycles. The Hall–Kier alpha value is -2.87. The van der Waals surface area contributed by atoms with Gasteiger partial charge in [0.15, 0.2) is 0 Å². The van der Waals surface area contributed by atoms with E-state index in [-0.39, 0.29) is 18.4 Å². The number of benzene rings is 1. The van der Waals surface area contributed by atoms with Gasteiger partial charge in [-0.3, -0.25) is 14.3 Å². The molecule has 150 valence electrons. The van der Waals surface area contributed by atoms with E-state index in [1.807, 2.05) is 31.2 Å². The van der Waals surface area contributed by atoms with Gasteiger partial charge in [0.1, 0.15) is 25.0 Å². The van der Waals surface area contributed by atoms with E-state index in [1.54, 1.807) is 18.1 Å². The summed E-state index contributed by atoms with van der Waals surface area (Å²) in [7, 11) is 1.73. The van der Waals surface area contributed by atoms with Gasteiger partial charge < -0.3 is 19.7 Å². The maximum Gasteiger partial charge on any atom is 0.253 e. The number of nitrogens with one attached hydrogen (secondary N) is 1. The molecule has 1 unspecified atom stereocenters. The number of hydrogen-bond donors (Lipinski definition) is 1. The van der Waals surface area contributed by atoms with Gasteiger partial charge in [0.2, 0.25) is 5.91 Å². The van der Waals surface area contributed by atoms with E-state index < -0.39 is 6.10 Å². The first-order valence-corrected chi connectivity index (χ1v) is 9.39. The van der Waals surface area contributed by atoms with Crippen LogP contribution in [0.2, 0.25) is 0 Å². The van der Waals surface area contributed by atoms with Crippen molar-refractivity contribution in [1.82, 2.24) is 14.7 Å². The van der Waals surface area contributed by atoms with E-state index in [0.29, 0.717) is 25.4 Å². The fourth-order valence-corrected chi connectivity index (χ4v) is 2.84. The second kappa shape index (κ2) is 9.36. The lowest BCUT2D eigenvalue weighted by Crippen LogP contribution is -2.33. The predicted octanol–water partition coefficient (Wildman–Crippen LogP) is 1.85. The summed E-state index contributed by atoms with van der Waals surface area (Å²) in [5, 5.41) is 6.91. The number of rotatable bonds is 8. The van der Waals surface area contributed by atoms with Gasteiger partial charge >= 0.3 is 0 Å². The Morgan fingerprint density at radius 1 is 1.36 bits per heavy atom. The quantitative estimate of drug-likeness (QED) is 0.748. The molecule has 0 aliphatic carbocycles. The Bertz CT molecular complexity index is 797. The molecule has 0 radical (unpaired) electrons. The first-order chi connectivity index (χ1) is 13.5. The van der Waals surface area contributed by atoms with Crippen LogP contribution in [-0.2, 0) is 20.9 Å². The maximum atomic E-state index is 12.3. The minimum atomic E-state index is -0.398. The summed E-state index contributed by atoms with van der Waals surface area (Å²) in [4.78, 5) is 26.0. The summed E-state index contributed by atoms with van der Waals surface area (Å²) < 4.78 is 12.5. The summed E-state index contributed by atoms with van der Waals surface area (Å²) in [6.45, 7) is 3.61. The van der Waals surface area contributed by atoms with Crippen LogP contribution in [0, 0.1) is 6.92 Å².